The highest BCUT2D eigenvalue weighted by atomic mass is 16.5. The van der Waals surface area contributed by atoms with Crippen molar-refractivity contribution in [2.45, 2.75) is 38.1 Å². The topological polar surface area (TPSA) is 60.5 Å². The number of likely N-dealkylation sites (tertiary alicyclic amines) is 1. The Morgan fingerprint density at radius 1 is 1.46 bits per heavy atom. The number of carbonyl (C=O) groups excluding carboxylic acids is 1. The molecular formula is C18H23N3O3. The first-order chi connectivity index (χ1) is 11.6. The highest BCUT2D eigenvalue weighted by molar-refractivity contribution is 5.83. The average Bonchev–Trinajstić information content (AvgIpc) is 2.95. The normalized spacial score (nSPS) is 26.0. The lowest BCUT2D eigenvalue weighted by atomic mass is 10.0. The Balaban J connectivity index is 1.57. The molecule has 0 bridgehead atoms. The van der Waals surface area contributed by atoms with E-state index in [1.807, 2.05) is 31.0 Å². The van der Waals surface area contributed by atoms with E-state index in [1.54, 1.807) is 18.1 Å². The van der Waals surface area contributed by atoms with Crippen molar-refractivity contribution in [1.82, 2.24) is 14.7 Å². The van der Waals surface area contributed by atoms with Gasteiger partial charge >= 0.3 is 0 Å². The minimum atomic E-state index is 0.0553. The highest BCUT2D eigenvalue weighted by Gasteiger charge is 2.49. The number of nitrogens with zero attached hydrogens (tertiary/aromatic N) is 3. The van der Waals surface area contributed by atoms with Gasteiger partial charge in [-0.25, -0.2) is 4.68 Å². The minimum Gasteiger partial charge on any atom is -0.481 e. The highest BCUT2D eigenvalue weighted by Crippen LogP contribution is 2.50. The summed E-state index contributed by atoms with van der Waals surface area (Å²) in [5.41, 5.74) is 2.00. The van der Waals surface area contributed by atoms with Crippen molar-refractivity contribution in [3.8, 4) is 5.88 Å². The van der Waals surface area contributed by atoms with Crippen molar-refractivity contribution in [1.29, 1.82) is 0 Å². The number of aromatic nitrogens is 2. The van der Waals surface area contributed by atoms with Gasteiger partial charge in [0.25, 0.3) is 0 Å². The van der Waals surface area contributed by atoms with Crippen molar-refractivity contribution >= 4 is 5.91 Å². The third kappa shape index (κ3) is 2.32. The van der Waals surface area contributed by atoms with Gasteiger partial charge in [-0.2, -0.15) is 5.10 Å². The molecule has 24 heavy (non-hydrogen) atoms. The summed E-state index contributed by atoms with van der Waals surface area (Å²) in [5, 5.41) is 4.47. The average molecular weight is 329 g/mol. The third-order valence-electron chi connectivity index (χ3n) is 5.29. The van der Waals surface area contributed by atoms with Crippen LogP contribution in [0.3, 0.4) is 0 Å². The van der Waals surface area contributed by atoms with Crippen molar-refractivity contribution in [2.24, 2.45) is 13.0 Å². The van der Waals surface area contributed by atoms with E-state index in [-0.39, 0.29) is 23.8 Å². The molecule has 6 heteroatoms. The fraction of sp³-hybridized carbons (Fsp3) is 0.556. The molecule has 1 amide bonds. The van der Waals surface area contributed by atoms with Gasteiger partial charge in [-0.3, -0.25) is 4.79 Å². The Morgan fingerprint density at radius 2 is 2.29 bits per heavy atom. The molecule has 2 aromatic heterocycles. The van der Waals surface area contributed by atoms with Crippen molar-refractivity contribution in [3.63, 3.8) is 0 Å². The second kappa shape index (κ2) is 5.69. The van der Waals surface area contributed by atoms with Gasteiger partial charge in [-0.15, -0.1) is 0 Å². The van der Waals surface area contributed by atoms with Crippen LogP contribution >= 0.6 is 0 Å². The van der Waals surface area contributed by atoms with Crippen LogP contribution in [0.25, 0.3) is 0 Å². The number of carbonyl (C=O) groups is 1. The van der Waals surface area contributed by atoms with Crippen LogP contribution in [0.15, 0.2) is 22.8 Å². The van der Waals surface area contributed by atoms with E-state index in [2.05, 4.69) is 5.10 Å². The van der Waals surface area contributed by atoms with E-state index in [1.165, 1.54) is 0 Å². The van der Waals surface area contributed by atoms with E-state index in [4.69, 9.17) is 9.15 Å². The maximum atomic E-state index is 13.0. The van der Waals surface area contributed by atoms with E-state index < -0.39 is 0 Å². The van der Waals surface area contributed by atoms with Gasteiger partial charge in [0.05, 0.1) is 30.7 Å². The van der Waals surface area contributed by atoms with Crippen molar-refractivity contribution in [2.75, 3.05) is 13.7 Å². The monoisotopic (exact) mass is 329 g/mol. The van der Waals surface area contributed by atoms with Gasteiger partial charge < -0.3 is 14.1 Å². The molecule has 0 radical (unpaired) electrons. The molecule has 1 saturated heterocycles. The van der Waals surface area contributed by atoms with Gasteiger partial charge in [-0.1, -0.05) is 0 Å². The Bertz CT molecular complexity index is 750. The number of aryl methyl sites for hydroxylation is 2. The van der Waals surface area contributed by atoms with Gasteiger partial charge in [0.1, 0.15) is 5.76 Å². The summed E-state index contributed by atoms with van der Waals surface area (Å²) >= 11 is 0. The molecule has 1 aliphatic carbocycles. The van der Waals surface area contributed by atoms with Crippen molar-refractivity contribution < 1.29 is 13.9 Å². The number of hydrogen-bond donors (Lipinski definition) is 0. The molecule has 1 saturated carbocycles. The molecule has 0 N–H and O–H groups in total. The fourth-order valence-electron chi connectivity index (χ4n) is 4.11. The van der Waals surface area contributed by atoms with Gasteiger partial charge in [-0.05, 0) is 38.3 Å². The van der Waals surface area contributed by atoms with Crippen LogP contribution in [0.2, 0.25) is 0 Å². The number of amides is 1. The zero-order chi connectivity index (χ0) is 16.8. The minimum absolute atomic E-state index is 0.0553. The fourth-order valence-corrected chi connectivity index (χ4v) is 4.11. The van der Waals surface area contributed by atoms with Crippen LogP contribution in [0, 0.1) is 12.8 Å². The molecule has 0 unspecified atom stereocenters. The molecule has 2 aliphatic rings. The first-order valence-corrected chi connectivity index (χ1v) is 8.53. The molecule has 3 heterocycles. The first-order valence-electron chi connectivity index (χ1n) is 8.53. The largest absolute Gasteiger partial charge is 0.481 e. The van der Waals surface area contributed by atoms with Crippen LogP contribution in [0.5, 0.6) is 5.88 Å². The van der Waals surface area contributed by atoms with Crippen molar-refractivity contribution in [3.05, 3.63) is 35.4 Å². The summed E-state index contributed by atoms with van der Waals surface area (Å²) in [7, 11) is 3.54. The quantitative estimate of drug-likeness (QED) is 0.865. The summed E-state index contributed by atoms with van der Waals surface area (Å²) in [6.07, 6.45) is 4.55. The molecular weight excluding hydrogens is 306 g/mol. The van der Waals surface area contributed by atoms with E-state index in [0.717, 1.165) is 48.7 Å². The maximum Gasteiger partial charge on any atom is 0.226 e. The SMILES string of the molecule is COc1c([C@@H]2CCCN2C(=O)[C@H]2C[C@@H]2c2ccco2)c(C)nn1C. The van der Waals surface area contributed by atoms with E-state index in [9.17, 15) is 4.79 Å². The van der Waals surface area contributed by atoms with Crippen LogP contribution in [-0.4, -0.2) is 34.2 Å². The van der Waals surface area contributed by atoms with Crippen LogP contribution in [0.1, 0.15) is 48.2 Å². The van der Waals surface area contributed by atoms with E-state index >= 15 is 0 Å². The molecule has 128 valence electrons. The summed E-state index contributed by atoms with van der Waals surface area (Å²) in [4.78, 5) is 15.1. The van der Waals surface area contributed by atoms with Crippen LogP contribution in [-0.2, 0) is 11.8 Å². The lowest BCUT2D eigenvalue weighted by Crippen LogP contribution is -2.32. The number of furan rings is 1. The molecule has 3 atom stereocenters. The predicted molar refractivity (Wildman–Crippen MR) is 87.7 cm³/mol. The Morgan fingerprint density at radius 3 is 3.00 bits per heavy atom. The molecule has 0 spiro atoms. The summed E-state index contributed by atoms with van der Waals surface area (Å²) in [5.74, 6) is 2.23. The standard InChI is InChI=1S/C18H23N3O3/c1-11-16(18(23-3)20(2)19-11)14-6-4-8-21(14)17(22)13-10-12(13)15-7-5-9-24-15/h5,7,9,12-14H,4,6,8,10H2,1-3H3/t12-,13-,14-/m0/s1. The Labute approximate surface area is 141 Å². The maximum absolute atomic E-state index is 13.0. The molecule has 1 aliphatic heterocycles. The van der Waals surface area contributed by atoms with Crippen LogP contribution < -0.4 is 4.74 Å². The second-order valence-electron chi connectivity index (χ2n) is 6.79. The number of ether oxygens (including phenoxy) is 1. The second-order valence-corrected chi connectivity index (χ2v) is 6.79. The Hall–Kier alpha value is -2.24. The van der Waals surface area contributed by atoms with Crippen LogP contribution in [0.4, 0.5) is 0 Å². The third-order valence-corrected chi connectivity index (χ3v) is 5.29. The summed E-state index contributed by atoms with van der Waals surface area (Å²) in [6, 6.07) is 3.92. The number of rotatable bonds is 4. The smallest absolute Gasteiger partial charge is 0.226 e. The number of methoxy groups -OCH3 is 1. The van der Waals surface area contributed by atoms with E-state index in [0.29, 0.717) is 0 Å². The molecule has 4 rings (SSSR count). The first kappa shape index (κ1) is 15.3. The summed E-state index contributed by atoms with van der Waals surface area (Å²) in [6.45, 7) is 2.80. The van der Waals surface area contributed by atoms with Gasteiger partial charge in [0.15, 0.2) is 0 Å². The lowest BCUT2D eigenvalue weighted by molar-refractivity contribution is -0.133. The summed E-state index contributed by atoms with van der Waals surface area (Å²) < 4.78 is 12.8. The Kier molecular flexibility index (Phi) is 3.62. The van der Waals surface area contributed by atoms with Gasteiger partial charge in [0.2, 0.25) is 11.8 Å². The molecule has 6 nitrogen and oxygen atoms in total. The predicted octanol–water partition coefficient (Wildman–Crippen LogP) is 2.80. The zero-order valence-electron chi connectivity index (χ0n) is 14.4. The molecule has 2 aromatic rings. The van der Waals surface area contributed by atoms with Gasteiger partial charge in [0, 0.05) is 25.4 Å². The molecule has 0 aromatic carbocycles. The lowest BCUT2D eigenvalue weighted by Gasteiger charge is -2.25. The number of hydrogen-bond acceptors (Lipinski definition) is 4. The zero-order valence-corrected chi connectivity index (χ0v) is 14.4. The molecule has 2 fully saturated rings.